The Morgan fingerprint density at radius 3 is 1.54 bits per heavy atom. The molecule has 10 rings (SSSR count). The molecule has 1 aliphatic carbocycles. The van der Waals surface area contributed by atoms with Gasteiger partial charge in [0.25, 0.3) is 0 Å². The molecule has 0 atom stereocenters. The molecule has 0 N–H and O–H groups in total. The van der Waals surface area contributed by atoms with E-state index in [2.05, 4.69) is 97.3 Å². The molecule has 234 valence electrons. The predicted octanol–water partition coefficient (Wildman–Crippen LogP) is 9.32. The average Bonchev–Trinajstić information content (AvgIpc) is 3.71. The number of fused-ring (bicyclic) bond motifs is 6. The highest BCUT2D eigenvalue weighted by Gasteiger charge is 2.31. The van der Waals surface area contributed by atoms with E-state index in [4.69, 9.17) is 9.97 Å². The van der Waals surface area contributed by atoms with Crippen LogP contribution in [0.1, 0.15) is 22.6 Å². The Kier molecular flexibility index (Phi) is 6.42. The Hall–Kier alpha value is -6.86. The Morgan fingerprint density at radius 2 is 0.960 bits per heavy atom. The molecule has 0 unspecified atom stereocenters. The molecule has 0 spiro atoms. The van der Waals surface area contributed by atoms with Gasteiger partial charge in [0.05, 0.1) is 22.4 Å². The summed E-state index contributed by atoms with van der Waals surface area (Å²) in [5, 5.41) is 2.13. The van der Waals surface area contributed by atoms with E-state index in [0.29, 0.717) is 0 Å². The van der Waals surface area contributed by atoms with Gasteiger partial charge >= 0.3 is 0 Å². The van der Waals surface area contributed by atoms with Crippen molar-refractivity contribution in [1.29, 1.82) is 0 Å². The van der Waals surface area contributed by atoms with Gasteiger partial charge in [0.2, 0.25) is 0 Å². The standard InChI is InChI=1S/C43H27N7/c1-3-15-48-39(5-1)33-21-27(43-31-11-17-44-23-35(31)36-24-45-18-12-32(36)43)7-9-29(33)30-10-8-28(22-34(30)40-6-2-4-16-49-40)50-41-13-19-46-25-37(41)38-26-47-20-14-42(38)50/h1-26,43H. The zero-order valence-electron chi connectivity index (χ0n) is 26.7. The molecule has 9 aromatic rings. The summed E-state index contributed by atoms with van der Waals surface area (Å²) in [5.74, 6) is 0.0550. The molecule has 7 nitrogen and oxygen atoms in total. The summed E-state index contributed by atoms with van der Waals surface area (Å²) in [5.41, 5.74) is 15.1. The third kappa shape index (κ3) is 4.37. The van der Waals surface area contributed by atoms with Gasteiger partial charge in [-0.15, -0.1) is 0 Å². The van der Waals surface area contributed by atoms with Gasteiger partial charge in [-0.1, -0.05) is 30.3 Å². The SMILES string of the molecule is c1ccc(-c2cc(C3c4ccncc4-c4cnccc43)ccc2-c2ccc(-n3c4ccncc4c4cnccc43)cc2-c2ccccn2)nc1. The van der Waals surface area contributed by atoms with Crippen molar-refractivity contribution < 1.29 is 0 Å². The lowest BCUT2D eigenvalue weighted by atomic mass is 9.85. The van der Waals surface area contributed by atoms with Crippen molar-refractivity contribution in [2.24, 2.45) is 0 Å². The molecule has 0 aliphatic heterocycles. The van der Waals surface area contributed by atoms with E-state index < -0.39 is 0 Å². The molecule has 1 aliphatic rings. The first kappa shape index (κ1) is 28.2. The molecule has 0 amide bonds. The first-order chi connectivity index (χ1) is 24.8. The lowest BCUT2D eigenvalue weighted by Crippen LogP contribution is -2.02. The fraction of sp³-hybridized carbons (Fsp3) is 0.0233. The van der Waals surface area contributed by atoms with Crippen LogP contribution in [-0.2, 0) is 0 Å². The maximum Gasteiger partial charge on any atom is 0.0708 e. The minimum Gasteiger partial charge on any atom is -0.309 e. The topological polar surface area (TPSA) is 82.3 Å². The van der Waals surface area contributed by atoms with Gasteiger partial charge in [0, 0.05) is 107 Å². The van der Waals surface area contributed by atoms with Gasteiger partial charge in [-0.2, -0.15) is 0 Å². The van der Waals surface area contributed by atoms with Crippen molar-refractivity contribution in [2.45, 2.75) is 5.92 Å². The minimum absolute atomic E-state index is 0.0550. The molecule has 0 fully saturated rings. The second-order valence-electron chi connectivity index (χ2n) is 12.4. The molecular weight excluding hydrogens is 615 g/mol. The van der Waals surface area contributed by atoms with Crippen molar-refractivity contribution in [2.75, 3.05) is 0 Å². The molecular formula is C43H27N7. The Balaban J connectivity index is 1.21. The van der Waals surface area contributed by atoms with Gasteiger partial charge in [0.1, 0.15) is 0 Å². The van der Waals surface area contributed by atoms with Gasteiger partial charge in [-0.3, -0.25) is 29.9 Å². The number of benzene rings is 2. The highest BCUT2D eigenvalue weighted by atomic mass is 15.0. The summed E-state index contributed by atoms with van der Waals surface area (Å²) in [6.07, 6.45) is 18.9. The highest BCUT2D eigenvalue weighted by molar-refractivity contribution is 6.08. The van der Waals surface area contributed by atoms with E-state index in [0.717, 1.165) is 72.3 Å². The quantitative estimate of drug-likeness (QED) is 0.186. The van der Waals surface area contributed by atoms with Crippen LogP contribution in [-0.4, -0.2) is 34.5 Å². The minimum atomic E-state index is 0.0550. The maximum atomic E-state index is 4.87. The van der Waals surface area contributed by atoms with E-state index in [1.165, 1.54) is 16.7 Å². The first-order valence-corrected chi connectivity index (χ1v) is 16.5. The van der Waals surface area contributed by atoms with E-state index in [-0.39, 0.29) is 5.92 Å². The summed E-state index contributed by atoms with van der Waals surface area (Å²) < 4.78 is 2.28. The van der Waals surface area contributed by atoms with Crippen LogP contribution in [0.3, 0.4) is 0 Å². The molecule has 7 heterocycles. The van der Waals surface area contributed by atoms with Crippen LogP contribution in [0.5, 0.6) is 0 Å². The van der Waals surface area contributed by atoms with Gasteiger partial charge in [-0.25, -0.2) is 0 Å². The molecule has 7 heteroatoms. The van der Waals surface area contributed by atoms with Crippen LogP contribution in [0.2, 0.25) is 0 Å². The van der Waals surface area contributed by atoms with Gasteiger partial charge < -0.3 is 4.57 Å². The zero-order valence-corrected chi connectivity index (χ0v) is 26.7. The second-order valence-corrected chi connectivity index (χ2v) is 12.4. The summed E-state index contributed by atoms with van der Waals surface area (Å²) in [6, 6.07) is 34.0. The molecule has 50 heavy (non-hydrogen) atoms. The number of hydrogen-bond donors (Lipinski definition) is 0. The summed E-state index contributed by atoms with van der Waals surface area (Å²) >= 11 is 0. The Bertz CT molecular complexity index is 2620. The fourth-order valence-electron chi connectivity index (χ4n) is 7.63. The number of nitrogens with zero attached hydrogens (tertiary/aromatic N) is 7. The lowest BCUT2D eigenvalue weighted by molar-refractivity contribution is 1.01. The lowest BCUT2D eigenvalue weighted by Gasteiger charge is -2.20. The summed E-state index contributed by atoms with van der Waals surface area (Å²) in [4.78, 5) is 27.5. The molecule has 2 aromatic carbocycles. The number of rotatable bonds is 5. The van der Waals surface area contributed by atoms with Crippen molar-refractivity contribution in [3.8, 4) is 50.5 Å². The monoisotopic (exact) mass is 641 g/mol. The maximum absolute atomic E-state index is 4.87. The number of aromatic nitrogens is 7. The van der Waals surface area contributed by atoms with E-state index >= 15 is 0 Å². The molecule has 7 aromatic heterocycles. The van der Waals surface area contributed by atoms with E-state index in [1.54, 1.807) is 0 Å². The van der Waals surface area contributed by atoms with Crippen molar-refractivity contribution >= 4 is 21.8 Å². The van der Waals surface area contributed by atoms with Crippen molar-refractivity contribution in [3.05, 3.63) is 176 Å². The molecule has 0 saturated heterocycles. The first-order valence-electron chi connectivity index (χ1n) is 16.5. The van der Waals surface area contributed by atoms with Crippen LogP contribution >= 0.6 is 0 Å². The summed E-state index contributed by atoms with van der Waals surface area (Å²) in [7, 11) is 0. The largest absolute Gasteiger partial charge is 0.309 e. The van der Waals surface area contributed by atoms with Crippen LogP contribution in [0, 0.1) is 0 Å². The van der Waals surface area contributed by atoms with Crippen molar-refractivity contribution in [3.63, 3.8) is 0 Å². The second kappa shape index (κ2) is 11.4. The fourth-order valence-corrected chi connectivity index (χ4v) is 7.63. The van der Waals surface area contributed by atoms with Gasteiger partial charge in [0.15, 0.2) is 0 Å². The highest BCUT2D eigenvalue weighted by Crippen LogP contribution is 2.49. The molecule has 0 bridgehead atoms. The van der Waals surface area contributed by atoms with E-state index in [1.807, 2.05) is 86.2 Å². The number of hydrogen-bond acceptors (Lipinski definition) is 6. The zero-order chi connectivity index (χ0) is 33.0. The predicted molar refractivity (Wildman–Crippen MR) is 197 cm³/mol. The van der Waals surface area contributed by atoms with Crippen LogP contribution in [0.15, 0.2) is 159 Å². The third-order valence-corrected chi connectivity index (χ3v) is 9.80. The number of pyridine rings is 6. The van der Waals surface area contributed by atoms with E-state index in [9.17, 15) is 0 Å². The third-order valence-electron chi connectivity index (χ3n) is 9.80. The Labute approximate surface area is 287 Å². The van der Waals surface area contributed by atoms with Crippen LogP contribution < -0.4 is 0 Å². The van der Waals surface area contributed by atoms with Crippen molar-refractivity contribution in [1.82, 2.24) is 34.5 Å². The smallest absolute Gasteiger partial charge is 0.0708 e. The van der Waals surface area contributed by atoms with Crippen LogP contribution in [0.4, 0.5) is 0 Å². The Morgan fingerprint density at radius 1 is 0.420 bits per heavy atom. The van der Waals surface area contributed by atoms with Gasteiger partial charge in [-0.05, 0) is 94.5 Å². The van der Waals surface area contributed by atoms with Crippen LogP contribution in [0.25, 0.3) is 72.3 Å². The summed E-state index contributed by atoms with van der Waals surface area (Å²) in [6.45, 7) is 0. The average molecular weight is 642 g/mol. The molecule has 0 saturated carbocycles. The normalized spacial score (nSPS) is 12.3. The molecule has 0 radical (unpaired) electrons.